The first kappa shape index (κ1) is 13.0. The highest BCUT2D eigenvalue weighted by Gasteiger charge is 2.02. The monoisotopic (exact) mass is 257 g/mol. The summed E-state index contributed by atoms with van der Waals surface area (Å²) in [7, 11) is 0. The van der Waals surface area contributed by atoms with Crippen LogP contribution in [0.3, 0.4) is 0 Å². The van der Waals surface area contributed by atoms with Crippen molar-refractivity contribution in [3.63, 3.8) is 0 Å². The fraction of sp³-hybridized carbons (Fsp3) is 0.214. The molecule has 0 aliphatic heterocycles. The van der Waals surface area contributed by atoms with Crippen LogP contribution in [-0.4, -0.2) is 21.0 Å². The lowest BCUT2D eigenvalue weighted by molar-refractivity contribution is 0.0697. The zero-order chi connectivity index (χ0) is 13.7. The molecule has 1 aromatic carbocycles. The van der Waals surface area contributed by atoms with E-state index in [4.69, 9.17) is 5.11 Å². The first-order valence-corrected chi connectivity index (χ1v) is 6.06. The average Bonchev–Trinajstić information content (AvgIpc) is 2.46. The van der Waals surface area contributed by atoms with Crippen molar-refractivity contribution in [1.82, 2.24) is 9.97 Å². The highest BCUT2D eigenvalue weighted by atomic mass is 16.4. The van der Waals surface area contributed by atoms with E-state index >= 15 is 0 Å². The van der Waals surface area contributed by atoms with Crippen LogP contribution in [-0.2, 0) is 13.0 Å². The Morgan fingerprint density at radius 1 is 1.26 bits per heavy atom. The molecule has 0 aliphatic carbocycles. The van der Waals surface area contributed by atoms with Gasteiger partial charge in [0.1, 0.15) is 12.1 Å². The number of aryl methyl sites for hydroxylation is 1. The second kappa shape index (κ2) is 5.95. The van der Waals surface area contributed by atoms with E-state index in [1.807, 2.05) is 13.0 Å². The van der Waals surface area contributed by atoms with E-state index in [1.54, 1.807) is 24.3 Å². The molecule has 5 heteroatoms. The number of nitrogens with zero attached hydrogens (tertiary/aromatic N) is 2. The van der Waals surface area contributed by atoms with Gasteiger partial charge in [-0.1, -0.05) is 19.1 Å². The van der Waals surface area contributed by atoms with E-state index in [1.165, 1.54) is 6.33 Å². The van der Waals surface area contributed by atoms with E-state index < -0.39 is 5.97 Å². The average molecular weight is 257 g/mol. The van der Waals surface area contributed by atoms with Crippen molar-refractivity contribution in [3.05, 3.63) is 53.5 Å². The molecule has 0 unspecified atom stereocenters. The van der Waals surface area contributed by atoms with Gasteiger partial charge in [0.15, 0.2) is 0 Å². The summed E-state index contributed by atoms with van der Waals surface area (Å²) in [6.45, 7) is 2.64. The molecule has 0 spiro atoms. The van der Waals surface area contributed by atoms with Crippen molar-refractivity contribution in [2.75, 3.05) is 5.32 Å². The number of aromatic carboxylic acids is 1. The molecule has 0 radical (unpaired) electrons. The minimum Gasteiger partial charge on any atom is -0.478 e. The van der Waals surface area contributed by atoms with Gasteiger partial charge in [-0.15, -0.1) is 0 Å². The van der Waals surface area contributed by atoms with Crippen LogP contribution in [0.5, 0.6) is 0 Å². The molecule has 19 heavy (non-hydrogen) atoms. The summed E-state index contributed by atoms with van der Waals surface area (Å²) >= 11 is 0. The van der Waals surface area contributed by atoms with Gasteiger partial charge in [-0.3, -0.25) is 0 Å². The lowest BCUT2D eigenvalue weighted by atomic mass is 10.1. The maximum Gasteiger partial charge on any atom is 0.335 e. The molecule has 0 amide bonds. The molecular weight excluding hydrogens is 242 g/mol. The van der Waals surface area contributed by atoms with E-state index in [0.717, 1.165) is 23.5 Å². The van der Waals surface area contributed by atoms with Gasteiger partial charge in [0.25, 0.3) is 0 Å². The number of hydrogen-bond acceptors (Lipinski definition) is 4. The number of carboxylic acids is 1. The predicted octanol–water partition coefficient (Wildman–Crippen LogP) is 2.35. The first-order valence-electron chi connectivity index (χ1n) is 6.06. The lowest BCUT2D eigenvalue weighted by Crippen LogP contribution is -2.03. The summed E-state index contributed by atoms with van der Waals surface area (Å²) < 4.78 is 0. The second-order valence-corrected chi connectivity index (χ2v) is 4.10. The molecule has 0 bridgehead atoms. The van der Waals surface area contributed by atoms with E-state index in [9.17, 15) is 4.79 Å². The molecular formula is C14H15N3O2. The molecule has 0 aliphatic rings. The maximum absolute atomic E-state index is 10.7. The summed E-state index contributed by atoms with van der Waals surface area (Å²) in [5, 5.41) is 12.0. The van der Waals surface area contributed by atoms with Crippen molar-refractivity contribution < 1.29 is 9.90 Å². The minimum absolute atomic E-state index is 0.291. The zero-order valence-electron chi connectivity index (χ0n) is 10.6. The third kappa shape index (κ3) is 3.51. The topological polar surface area (TPSA) is 75.1 Å². The van der Waals surface area contributed by atoms with Gasteiger partial charge >= 0.3 is 5.97 Å². The fourth-order valence-corrected chi connectivity index (χ4v) is 1.65. The van der Waals surface area contributed by atoms with E-state index in [2.05, 4.69) is 15.3 Å². The molecule has 0 fully saturated rings. The fourth-order valence-electron chi connectivity index (χ4n) is 1.65. The number of nitrogens with one attached hydrogen (secondary N) is 1. The highest BCUT2D eigenvalue weighted by Crippen LogP contribution is 2.09. The number of hydrogen-bond donors (Lipinski definition) is 2. The van der Waals surface area contributed by atoms with Crippen LogP contribution in [0, 0.1) is 0 Å². The largest absolute Gasteiger partial charge is 0.478 e. The standard InChI is InChI=1S/C14H15N3O2/c1-2-12-7-13(17-9-16-12)15-8-10-3-5-11(6-4-10)14(18)19/h3-7,9H,2,8H2,1H3,(H,18,19)(H,15,16,17). The summed E-state index contributed by atoms with van der Waals surface area (Å²) in [4.78, 5) is 19.0. The smallest absolute Gasteiger partial charge is 0.335 e. The van der Waals surface area contributed by atoms with Gasteiger partial charge in [0.05, 0.1) is 5.56 Å². The molecule has 0 saturated carbocycles. The molecule has 0 atom stereocenters. The predicted molar refractivity (Wildman–Crippen MR) is 72.1 cm³/mol. The van der Waals surface area contributed by atoms with Crippen LogP contribution >= 0.6 is 0 Å². The number of anilines is 1. The molecule has 5 nitrogen and oxygen atoms in total. The Kier molecular flexibility index (Phi) is 4.07. The van der Waals surface area contributed by atoms with Crippen LogP contribution in [0.15, 0.2) is 36.7 Å². The van der Waals surface area contributed by atoms with Gasteiger partial charge in [-0.05, 0) is 24.1 Å². The van der Waals surface area contributed by atoms with Crippen molar-refractivity contribution >= 4 is 11.8 Å². The lowest BCUT2D eigenvalue weighted by Gasteiger charge is -2.06. The number of carboxylic acid groups (broad SMARTS) is 1. The summed E-state index contributed by atoms with van der Waals surface area (Å²) in [5.74, 6) is -0.142. The molecule has 2 rings (SSSR count). The molecule has 1 aromatic heterocycles. The van der Waals surface area contributed by atoms with Crippen molar-refractivity contribution in [1.29, 1.82) is 0 Å². The SMILES string of the molecule is CCc1cc(NCc2ccc(C(=O)O)cc2)ncn1. The minimum atomic E-state index is -0.914. The normalized spacial score (nSPS) is 10.2. The van der Waals surface area contributed by atoms with Gasteiger partial charge < -0.3 is 10.4 Å². The second-order valence-electron chi connectivity index (χ2n) is 4.10. The van der Waals surface area contributed by atoms with Gasteiger partial charge in [-0.25, -0.2) is 14.8 Å². The molecule has 2 aromatic rings. The van der Waals surface area contributed by atoms with Gasteiger partial charge in [0.2, 0.25) is 0 Å². The Bertz CT molecular complexity index is 567. The van der Waals surface area contributed by atoms with Crippen LogP contribution < -0.4 is 5.32 Å². The number of carbonyl (C=O) groups is 1. The van der Waals surface area contributed by atoms with Gasteiger partial charge in [-0.2, -0.15) is 0 Å². The summed E-state index contributed by atoms with van der Waals surface area (Å²) in [6.07, 6.45) is 2.40. The van der Waals surface area contributed by atoms with Crippen LogP contribution in [0.2, 0.25) is 0 Å². The molecule has 0 saturated heterocycles. The Morgan fingerprint density at radius 2 is 2.00 bits per heavy atom. The summed E-state index contributed by atoms with van der Waals surface area (Å²) in [6, 6.07) is 8.68. The number of aromatic nitrogens is 2. The molecule has 1 heterocycles. The number of rotatable bonds is 5. The van der Waals surface area contributed by atoms with Gasteiger partial charge in [0, 0.05) is 18.3 Å². The van der Waals surface area contributed by atoms with Crippen LogP contribution in [0.4, 0.5) is 5.82 Å². The number of benzene rings is 1. The Balaban J connectivity index is 1.99. The maximum atomic E-state index is 10.7. The van der Waals surface area contributed by atoms with Crippen LogP contribution in [0.1, 0.15) is 28.5 Å². The Labute approximate surface area is 111 Å². The van der Waals surface area contributed by atoms with Crippen molar-refractivity contribution in [2.24, 2.45) is 0 Å². The Morgan fingerprint density at radius 3 is 2.63 bits per heavy atom. The van der Waals surface area contributed by atoms with Crippen molar-refractivity contribution in [2.45, 2.75) is 19.9 Å². The third-order valence-corrected chi connectivity index (χ3v) is 2.76. The van der Waals surface area contributed by atoms with Crippen molar-refractivity contribution in [3.8, 4) is 0 Å². The first-order chi connectivity index (χ1) is 9.19. The zero-order valence-corrected chi connectivity index (χ0v) is 10.6. The third-order valence-electron chi connectivity index (χ3n) is 2.76. The van der Waals surface area contributed by atoms with E-state index in [0.29, 0.717) is 12.1 Å². The summed E-state index contributed by atoms with van der Waals surface area (Å²) in [5.41, 5.74) is 2.28. The highest BCUT2D eigenvalue weighted by molar-refractivity contribution is 5.87. The van der Waals surface area contributed by atoms with Crippen LogP contribution in [0.25, 0.3) is 0 Å². The molecule has 98 valence electrons. The molecule has 2 N–H and O–H groups in total. The quantitative estimate of drug-likeness (QED) is 0.860. The van der Waals surface area contributed by atoms with E-state index in [-0.39, 0.29) is 0 Å². The Hall–Kier alpha value is -2.43.